The number of benzene rings is 2. The zero-order valence-electron chi connectivity index (χ0n) is 17.6. The van der Waals surface area contributed by atoms with Crippen molar-refractivity contribution in [1.82, 2.24) is 4.90 Å². The molecule has 0 aromatic heterocycles. The van der Waals surface area contributed by atoms with E-state index in [4.69, 9.17) is 9.47 Å². The number of para-hydroxylation sites is 2. The Morgan fingerprint density at radius 2 is 1.97 bits per heavy atom. The molecule has 0 spiro atoms. The van der Waals surface area contributed by atoms with Crippen LogP contribution in [-0.4, -0.2) is 46.8 Å². The predicted molar refractivity (Wildman–Crippen MR) is 122 cm³/mol. The number of aliphatic carboxylic acids is 1. The van der Waals surface area contributed by atoms with Gasteiger partial charge in [0.2, 0.25) is 0 Å². The zero-order valence-corrected chi connectivity index (χ0v) is 18.4. The molecule has 0 bridgehead atoms. The summed E-state index contributed by atoms with van der Waals surface area (Å²) in [5, 5.41) is 9.84. The van der Waals surface area contributed by atoms with E-state index in [1.165, 1.54) is 25.8 Å². The Labute approximate surface area is 185 Å². The van der Waals surface area contributed by atoms with E-state index in [0.29, 0.717) is 27.9 Å². The first-order valence-corrected chi connectivity index (χ1v) is 10.7. The number of rotatable bonds is 8. The maximum absolute atomic E-state index is 13.1. The Kier molecular flexibility index (Phi) is 7.36. The lowest BCUT2D eigenvalue weighted by Crippen LogP contribution is -2.29. The van der Waals surface area contributed by atoms with Crippen LogP contribution in [-0.2, 0) is 9.59 Å². The summed E-state index contributed by atoms with van der Waals surface area (Å²) < 4.78 is 11.0. The summed E-state index contributed by atoms with van der Waals surface area (Å²) in [7, 11) is 1.48. The Bertz CT molecular complexity index is 1020. The number of carboxylic acid groups (broad SMARTS) is 1. The van der Waals surface area contributed by atoms with Crippen LogP contribution >= 0.6 is 11.8 Å². The first-order chi connectivity index (χ1) is 14.9. The van der Waals surface area contributed by atoms with E-state index in [-0.39, 0.29) is 11.7 Å². The molecular formula is C23H24N2O5S. The molecule has 2 aromatic carbocycles. The summed E-state index contributed by atoms with van der Waals surface area (Å²) in [4.78, 5) is 31.1. The molecule has 1 atom stereocenters. The number of amidine groups is 1. The average Bonchev–Trinajstić information content (AvgIpc) is 3.04. The van der Waals surface area contributed by atoms with Crippen molar-refractivity contribution in [2.45, 2.75) is 26.4 Å². The molecule has 0 aliphatic carbocycles. The summed E-state index contributed by atoms with van der Waals surface area (Å²) in [5.41, 5.74) is 1.32. The fourth-order valence-electron chi connectivity index (χ4n) is 2.93. The highest BCUT2D eigenvalue weighted by molar-refractivity contribution is 8.18. The van der Waals surface area contributed by atoms with E-state index in [2.05, 4.69) is 4.99 Å². The van der Waals surface area contributed by atoms with Gasteiger partial charge in [0.1, 0.15) is 0 Å². The number of carbonyl (C=O) groups excluding carboxylic acids is 1. The Morgan fingerprint density at radius 3 is 2.61 bits per heavy atom. The van der Waals surface area contributed by atoms with Crippen molar-refractivity contribution in [3.8, 4) is 11.5 Å². The van der Waals surface area contributed by atoms with Crippen molar-refractivity contribution < 1.29 is 24.2 Å². The first kappa shape index (κ1) is 22.4. The lowest BCUT2D eigenvalue weighted by atomic mass is 10.1. The molecule has 8 heteroatoms. The maximum Gasteiger partial charge on any atom is 0.344 e. The molecule has 31 heavy (non-hydrogen) atoms. The minimum absolute atomic E-state index is 0.151. The third-order valence-electron chi connectivity index (χ3n) is 4.47. The van der Waals surface area contributed by atoms with Gasteiger partial charge in [-0.15, -0.1) is 0 Å². The predicted octanol–water partition coefficient (Wildman–Crippen LogP) is 4.56. The van der Waals surface area contributed by atoms with Gasteiger partial charge in [0.15, 0.2) is 22.8 Å². The largest absolute Gasteiger partial charge is 0.493 e. The molecule has 0 saturated carbocycles. The molecule has 162 valence electrons. The standard InChI is InChI=1S/C23H24N2O5S/c1-4-13-25-21(26)19(31-23(25)24-17-10-6-5-7-11-17)14-16-9-8-12-18(29-3)20(16)30-15(2)22(27)28/h5-12,14-15H,4,13H2,1-3H3,(H,27,28)/b19-14-,24-23?/t15-/m1/s1. The molecular weight excluding hydrogens is 416 g/mol. The Balaban J connectivity index is 2.00. The van der Waals surface area contributed by atoms with Gasteiger partial charge in [-0.1, -0.05) is 37.3 Å². The molecule has 7 nitrogen and oxygen atoms in total. The molecule has 1 heterocycles. The molecule has 1 fully saturated rings. The number of hydrogen-bond donors (Lipinski definition) is 1. The van der Waals surface area contributed by atoms with E-state index in [9.17, 15) is 14.7 Å². The van der Waals surface area contributed by atoms with Gasteiger partial charge >= 0.3 is 5.97 Å². The van der Waals surface area contributed by atoms with Gasteiger partial charge in [0.05, 0.1) is 17.7 Å². The van der Waals surface area contributed by atoms with Crippen molar-refractivity contribution in [1.29, 1.82) is 0 Å². The van der Waals surface area contributed by atoms with Gasteiger partial charge < -0.3 is 14.6 Å². The van der Waals surface area contributed by atoms with Crippen LogP contribution in [0.3, 0.4) is 0 Å². The third-order valence-corrected chi connectivity index (χ3v) is 5.48. The average molecular weight is 441 g/mol. The van der Waals surface area contributed by atoms with Crippen molar-refractivity contribution in [3.63, 3.8) is 0 Å². The maximum atomic E-state index is 13.1. The molecule has 3 rings (SSSR count). The van der Waals surface area contributed by atoms with Crippen LogP contribution in [0.1, 0.15) is 25.8 Å². The van der Waals surface area contributed by atoms with Gasteiger partial charge in [-0.2, -0.15) is 0 Å². The van der Waals surface area contributed by atoms with Crippen molar-refractivity contribution in [2.75, 3.05) is 13.7 Å². The van der Waals surface area contributed by atoms with E-state index in [1.807, 2.05) is 37.3 Å². The second-order valence-corrected chi connectivity index (χ2v) is 7.78. The number of hydrogen-bond acceptors (Lipinski definition) is 6. The minimum atomic E-state index is -1.10. The molecule has 1 amide bonds. The summed E-state index contributed by atoms with van der Waals surface area (Å²) in [6.45, 7) is 3.99. The normalized spacial score (nSPS) is 17.3. The number of methoxy groups -OCH3 is 1. The summed E-state index contributed by atoms with van der Waals surface area (Å²) in [5.74, 6) is -0.582. The van der Waals surface area contributed by atoms with Crippen LogP contribution in [0, 0.1) is 0 Å². The Hall–Kier alpha value is -3.26. The highest BCUT2D eigenvalue weighted by Gasteiger charge is 2.33. The van der Waals surface area contributed by atoms with Crippen LogP contribution in [0.5, 0.6) is 11.5 Å². The lowest BCUT2D eigenvalue weighted by Gasteiger charge is -2.16. The van der Waals surface area contributed by atoms with Crippen molar-refractivity contribution in [2.24, 2.45) is 4.99 Å². The molecule has 1 aliphatic heterocycles. The van der Waals surface area contributed by atoms with E-state index < -0.39 is 12.1 Å². The molecule has 0 radical (unpaired) electrons. The van der Waals surface area contributed by atoms with Crippen LogP contribution in [0.25, 0.3) is 6.08 Å². The molecule has 1 N–H and O–H groups in total. The van der Waals surface area contributed by atoms with Crippen LogP contribution in [0.4, 0.5) is 5.69 Å². The molecule has 1 aliphatic rings. The quantitative estimate of drug-likeness (QED) is 0.606. The first-order valence-electron chi connectivity index (χ1n) is 9.86. The lowest BCUT2D eigenvalue weighted by molar-refractivity contribution is -0.144. The fourth-order valence-corrected chi connectivity index (χ4v) is 3.94. The fraction of sp³-hybridized carbons (Fsp3) is 0.261. The topological polar surface area (TPSA) is 88.4 Å². The summed E-state index contributed by atoms with van der Waals surface area (Å²) in [6.07, 6.45) is 1.40. The van der Waals surface area contributed by atoms with Crippen molar-refractivity contribution in [3.05, 3.63) is 59.0 Å². The highest BCUT2D eigenvalue weighted by Crippen LogP contribution is 2.38. The number of amides is 1. The monoisotopic (exact) mass is 440 g/mol. The number of carboxylic acids is 1. The van der Waals surface area contributed by atoms with Crippen LogP contribution in [0.15, 0.2) is 58.4 Å². The van der Waals surface area contributed by atoms with Gasteiger partial charge in [-0.25, -0.2) is 9.79 Å². The van der Waals surface area contributed by atoms with Gasteiger partial charge in [-0.3, -0.25) is 9.69 Å². The highest BCUT2D eigenvalue weighted by atomic mass is 32.2. The number of ether oxygens (including phenoxy) is 2. The van der Waals surface area contributed by atoms with E-state index in [1.54, 1.807) is 29.2 Å². The Morgan fingerprint density at radius 1 is 1.23 bits per heavy atom. The summed E-state index contributed by atoms with van der Waals surface area (Å²) >= 11 is 1.28. The number of aliphatic imine (C=N–C) groups is 1. The second kappa shape index (κ2) is 10.2. The smallest absolute Gasteiger partial charge is 0.344 e. The summed E-state index contributed by atoms with van der Waals surface area (Å²) in [6, 6.07) is 14.7. The molecule has 1 saturated heterocycles. The second-order valence-electron chi connectivity index (χ2n) is 6.77. The van der Waals surface area contributed by atoms with E-state index in [0.717, 1.165) is 12.1 Å². The molecule has 0 unspecified atom stereocenters. The third kappa shape index (κ3) is 5.27. The minimum Gasteiger partial charge on any atom is -0.493 e. The van der Waals surface area contributed by atoms with Crippen molar-refractivity contribution >= 4 is 40.6 Å². The number of nitrogens with zero attached hydrogens (tertiary/aromatic N) is 2. The van der Waals surface area contributed by atoms with Crippen LogP contribution in [0.2, 0.25) is 0 Å². The van der Waals surface area contributed by atoms with Gasteiger partial charge in [-0.05, 0) is 49.4 Å². The number of thioether (sulfide) groups is 1. The molecule has 2 aromatic rings. The zero-order chi connectivity index (χ0) is 22.4. The number of carbonyl (C=O) groups is 2. The van der Waals surface area contributed by atoms with Crippen LogP contribution < -0.4 is 9.47 Å². The van der Waals surface area contributed by atoms with Gasteiger partial charge in [0, 0.05) is 12.1 Å². The SMILES string of the molecule is CCCN1C(=O)/C(=C/c2cccc(OC)c2O[C@H](C)C(=O)O)SC1=Nc1ccccc1. The van der Waals surface area contributed by atoms with E-state index >= 15 is 0 Å². The van der Waals surface area contributed by atoms with Gasteiger partial charge in [0.25, 0.3) is 5.91 Å².